The van der Waals surface area contributed by atoms with Crippen LogP contribution in [0.25, 0.3) is 0 Å². The third-order valence-corrected chi connectivity index (χ3v) is 4.17. The zero-order valence-corrected chi connectivity index (χ0v) is 15.0. The molecule has 1 aromatic rings. The Morgan fingerprint density at radius 1 is 1.24 bits per heavy atom. The van der Waals surface area contributed by atoms with Gasteiger partial charge in [0.2, 0.25) is 5.91 Å². The molecule has 2 amide bonds. The molecule has 1 aliphatic rings. The Morgan fingerprint density at radius 3 is 2.68 bits per heavy atom. The lowest BCUT2D eigenvalue weighted by molar-refractivity contribution is -0.131. The Labute approximate surface area is 148 Å². The molecule has 0 aromatic heterocycles. The highest BCUT2D eigenvalue weighted by molar-refractivity contribution is 5.79. The molecular weight excluding hydrogens is 324 g/mol. The van der Waals surface area contributed by atoms with E-state index in [0.29, 0.717) is 31.2 Å². The van der Waals surface area contributed by atoms with E-state index >= 15 is 0 Å². The van der Waals surface area contributed by atoms with E-state index in [1.807, 2.05) is 12.1 Å². The van der Waals surface area contributed by atoms with Gasteiger partial charge in [-0.3, -0.25) is 4.79 Å². The average Bonchev–Trinajstić information content (AvgIpc) is 2.62. The van der Waals surface area contributed by atoms with Gasteiger partial charge in [-0.05, 0) is 37.5 Å². The zero-order valence-electron chi connectivity index (χ0n) is 15.0. The molecule has 1 aliphatic heterocycles. The molecule has 0 aliphatic carbocycles. The average molecular weight is 350 g/mol. The SMILES string of the molecule is CCOC(=O)N[C@H]1CCCN(C(=O)Cc2ccc(OC)c(OC)c2)C1. The fourth-order valence-electron chi connectivity index (χ4n) is 2.94. The fraction of sp³-hybridized carbons (Fsp3) is 0.556. The van der Waals surface area contributed by atoms with Crippen molar-refractivity contribution in [3.8, 4) is 11.5 Å². The topological polar surface area (TPSA) is 77.1 Å². The molecule has 25 heavy (non-hydrogen) atoms. The van der Waals surface area contributed by atoms with Crippen molar-refractivity contribution in [2.75, 3.05) is 33.9 Å². The summed E-state index contributed by atoms with van der Waals surface area (Å²) in [6, 6.07) is 5.40. The number of amides is 2. The van der Waals surface area contributed by atoms with Gasteiger partial charge in [-0.1, -0.05) is 6.07 Å². The van der Waals surface area contributed by atoms with E-state index in [0.717, 1.165) is 18.4 Å². The van der Waals surface area contributed by atoms with Gasteiger partial charge in [0.1, 0.15) is 0 Å². The zero-order chi connectivity index (χ0) is 18.2. The van der Waals surface area contributed by atoms with Gasteiger partial charge in [-0.2, -0.15) is 0 Å². The molecule has 1 saturated heterocycles. The Morgan fingerprint density at radius 2 is 2.00 bits per heavy atom. The second-order valence-corrected chi connectivity index (χ2v) is 5.91. The van der Waals surface area contributed by atoms with Gasteiger partial charge in [-0.15, -0.1) is 0 Å². The summed E-state index contributed by atoms with van der Waals surface area (Å²) < 4.78 is 15.4. The Balaban J connectivity index is 1.94. The van der Waals surface area contributed by atoms with Gasteiger partial charge >= 0.3 is 6.09 Å². The fourth-order valence-corrected chi connectivity index (χ4v) is 2.94. The van der Waals surface area contributed by atoms with E-state index in [2.05, 4.69) is 5.32 Å². The number of rotatable bonds is 6. The molecule has 2 rings (SSSR count). The smallest absolute Gasteiger partial charge is 0.407 e. The number of alkyl carbamates (subject to hydrolysis) is 1. The van der Waals surface area contributed by atoms with E-state index in [9.17, 15) is 9.59 Å². The van der Waals surface area contributed by atoms with Gasteiger partial charge in [-0.25, -0.2) is 4.79 Å². The van der Waals surface area contributed by atoms with Gasteiger partial charge < -0.3 is 24.4 Å². The first-order chi connectivity index (χ1) is 12.1. The minimum atomic E-state index is -0.429. The van der Waals surface area contributed by atoms with Crippen LogP contribution in [0, 0.1) is 0 Å². The lowest BCUT2D eigenvalue weighted by Gasteiger charge is -2.33. The lowest BCUT2D eigenvalue weighted by Crippen LogP contribution is -2.50. The van der Waals surface area contributed by atoms with Crippen molar-refractivity contribution in [3.05, 3.63) is 23.8 Å². The number of hydrogen-bond acceptors (Lipinski definition) is 5. The van der Waals surface area contributed by atoms with E-state index in [-0.39, 0.29) is 18.4 Å². The Bertz CT molecular complexity index is 605. The summed E-state index contributed by atoms with van der Waals surface area (Å²) in [4.78, 5) is 25.9. The number of nitrogens with zero attached hydrogens (tertiary/aromatic N) is 1. The van der Waals surface area contributed by atoms with Crippen molar-refractivity contribution in [3.63, 3.8) is 0 Å². The molecule has 0 spiro atoms. The molecule has 7 heteroatoms. The number of piperidine rings is 1. The van der Waals surface area contributed by atoms with Crippen LogP contribution in [0.1, 0.15) is 25.3 Å². The van der Waals surface area contributed by atoms with Crippen molar-refractivity contribution in [2.24, 2.45) is 0 Å². The maximum Gasteiger partial charge on any atom is 0.407 e. The number of ether oxygens (including phenoxy) is 3. The van der Waals surface area contributed by atoms with Crippen LogP contribution in [0.2, 0.25) is 0 Å². The quantitative estimate of drug-likeness (QED) is 0.849. The molecule has 0 unspecified atom stereocenters. The molecule has 1 aromatic carbocycles. The summed E-state index contributed by atoms with van der Waals surface area (Å²) in [6.45, 7) is 3.30. The number of carbonyl (C=O) groups is 2. The first-order valence-corrected chi connectivity index (χ1v) is 8.49. The van der Waals surface area contributed by atoms with Gasteiger partial charge in [0.25, 0.3) is 0 Å². The maximum atomic E-state index is 12.6. The van der Waals surface area contributed by atoms with Crippen LogP contribution < -0.4 is 14.8 Å². The molecule has 1 atom stereocenters. The van der Waals surface area contributed by atoms with Crippen LogP contribution in [0.3, 0.4) is 0 Å². The molecule has 0 saturated carbocycles. The maximum absolute atomic E-state index is 12.6. The summed E-state index contributed by atoms with van der Waals surface area (Å²) in [7, 11) is 3.15. The third-order valence-electron chi connectivity index (χ3n) is 4.17. The van der Waals surface area contributed by atoms with Crippen LogP contribution in [-0.4, -0.2) is 56.9 Å². The summed E-state index contributed by atoms with van der Waals surface area (Å²) in [5.74, 6) is 1.27. The number of carbonyl (C=O) groups excluding carboxylic acids is 2. The highest BCUT2D eigenvalue weighted by Crippen LogP contribution is 2.28. The lowest BCUT2D eigenvalue weighted by atomic mass is 10.0. The number of methoxy groups -OCH3 is 2. The predicted molar refractivity (Wildman–Crippen MR) is 93.0 cm³/mol. The second kappa shape index (κ2) is 9.15. The van der Waals surface area contributed by atoms with Crippen molar-refractivity contribution < 1.29 is 23.8 Å². The van der Waals surface area contributed by atoms with Gasteiger partial charge in [0.05, 0.1) is 27.2 Å². The minimum Gasteiger partial charge on any atom is -0.493 e. The van der Waals surface area contributed by atoms with Crippen LogP contribution in [-0.2, 0) is 16.0 Å². The van der Waals surface area contributed by atoms with Crippen LogP contribution in [0.4, 0.5) is 4.79 Å². The van der Waals surface area contributed by atoms with Crippen LogP contribution >= 0.6 is 0 Å². The number of benzene rings is 1. The van der Waals surface area contributed by atoms with Crippen molar-refractivity contribution in [2.45, 2.75) is 32.2 Å². The highest BCUT2D eigenvalue weighted by Gasteiger charge is 2.25. The summed E-state index contributed by atoms with van der Waals surface area (Å²) in [6.07, 6.45) is 1.56. The number of nitrogens with one attached hydrogen (secondary N) is 1. The van der Waals surface area contributed by atoms with E-state index in [1.54, 1.807) is 32.1 Å². The molecular formula is C18H26N2O5. The third kappa shape index (κ3) is 5.27. The van der Waals surface area contributed by atoms with Crippen LogP contribution in [0.15, 0.2) is 18.2 Å². The standard InChI is InChI=1S/C18H26N2O5/c1-4-25-18(22)19-14-6-5-9-20(12-14)17(21)11-13-7-8-15(23-2)16(10-13)24-3/h7-8,10,14H,4-6,9,11-12H2,1-3H3,(H,19,22)/t14-/m0/s1. The van der Waals surface area contributed by atoms with E-state index < -0.39 is 6.09 Å². The molecule has 0 bridgehead atoms. The van der Waals surface area contributed by atoms with Crippen molar-refractivity contribution in [1.29, 1.82) is 0 Å². The molecule has 1 heterocycles. The molecule has 1 N–H and O–H groups in total. The molecule has 1 fully saturated rings. The van der Waals surface area contributed by atoms with E-state index in [1.165, 1.54) is 0 Å². The second-order valence-electron chi connectivity index (χ2n) is 5.91. The van der Waals surface area contributed by atoms with Gasteiger partial charge in [0.15, 0.2) is 11.5 Å². The minimum absolute atomic E-state index is 0.0302. The van der Waals surface area contributed by atoms with Crippen LogP contribution in [0.5, 0.6) is 11.5 Å². The largest absolute Gasteiger partial charge is 0.493 e. The first-order valence-electron chi connectivity index (χ1n) is 8.49. The van der Waals surface area contributed by atoms with Gasteiger partial charge in [0, 0.05) is 19.1 Å². The molecule has 0 radical (unpaired) electrons. The van der Waals surface area contributed by atoms with E-state index in [4.69, 9.17) is 14.2 Å². The Kier molecular flexibility index (Phi) is 6.91. The molecule has 7 nitrogen and oxygen atoms in total. The Hall–Kier alpha value is -2.44. The molecule has 138 valence electrons. The number of likely N-dealkylation sites (tertiary alicyclic amines) is 1. The number of hydrogen-bond donors (Lipinski definition) is 1. The van der Waals surface area contributed by atoms with Crippen molar-refractivity contribution >= 4 is 12.0 Å². The normalized spacial score (nSPS) is 16.9. The first kappa shape index (κ1) is 18.9. The summed E-state index contributed by atoms with van der Waals surface area (Å²) in [5.41, 5.74) is 0.864. The predicted octanol–water partition coefficient (Wildman–Crippen LogP) is 1.98. The van der Waals surface area contributed by atoms with Crippen molar-refractivity contribution in [1.82, 2.24) is 10.2 Å². The highest BCUT2D eigenvalue weighted by atomic mass is 16.5. The summed E-state index contributed by atoms with van der Waals surface area (Å²) >= 11 is 0. The summed E-state index contributed by atoms with van der Waals surface area (Å²) in [5, 5.41) is 2.81. The monoisotopic (exact) mass is 350 g/mol.